The van der Waals surface area contributed by atoms with E-state index in [1.165, 1.54) is 98.3 Å². The molecule has 1 rings (SSSR count). The van der Waals surface area contributed by atoms with Crippen LogP contribution in [0.25, 0.3) is 0 Å². The third-order valence-electron chi connectivity index (χ3n) is 7.72. The minimum Gasteiger partial charge on any atom is -0.458 e. The van der Waals surface area contributed by atoms with Crippen LogP contribution in [0.5, 0.6) is 0 Å². The lowest BCUT2D eigenvalue weighted by molar-refractivity contribution is -0.185. The summed E-state index contributed by atoms with van der Waals surface area (Å²) in [5.74, 6) is -4.15. The molecule has 0 radical (unpaired) electrons. The van der Waals surface area contributed by atoms with Crippen molar-refractivity contribution in [1.29, 1.82) is 0 Å². The van der Waals surface area contributed by atoms with Crippen molar-refractivity contribution < 1.29 is 47.7 Å². The Morgan fingerprint density at radius 3 is 1.28 bits per heavy atom. The molecular weight excluding hydrogens is 604 g/mol. The number of hydrogen-bond donors (Lipinski definition) is 0. The molecule has 266 valence electrons. The molecule has 0 aliphatic heterocycles. The van der Waals surface area contributed by atoms with E-state index < -0.39 is 54.3 Å². The number of rotatable bonds is 26. The first-order valence-electron chi connectivity index (χ1n) is 17.6. The van der Waals surface area contributed by atoms with Crippen LogP contribution in [0.1, 0.15) is 143 Å². The second-order valence-corrected chi connectivity index (χ2v) is 12.2. The molecule has 1 aromatic carbocycles. The van der Waals surface area contributed by atoms with Gasteiger partial charge in [0.25, 0.3) is 0 Å². The van der Waals surface area contributed by atoms with Crippen LogP contribution < -0.4 is 0 Å². The van der Waals surface area contributed by atoms with Crippen LogP contribution in [-0.4, -0.2) is 54.3 Å². The predicted octanol–water partition coefficient (Wildman–Crippen LogP) is 7.72. The maximum atomic E-state index is 12.4. The topological polar surface area (TPSA) is 132 Å². The fourth-order valence-electron chi connectivity index (χ4n) is 4.75. The Labute approximate surface area is 281 Å². The van der Waals surface area contributed by atoms with Gasteiger partial charge < -0.3 is 23.7 Å². The number of carbonyl (C=O) groups excluding carboxylic acids is 5. The fourth-order valence-corrected chi connectivity index (χ4v) is 4.75. The van der Waals surface area contributed by atoms with Crippen LogP contribution in [-0.2, 0) is 54.3 Å². The molecule has 0 fully saturated rings. The average molecular weight is 663 g/mol. The van der Waals surface area contributed by atoms with E-state index in [9.17, 15) is 24.0 Å². The van der Waals surface area contributed by atoms with Gasteiger partial charge in [-0.2, -0.15) is 0 Å². The Hall–Kier alpha value is -3.43. The SMILES string of the molecule is CCCCCCCCCCCCCCCCCC(=O)O[C@@H](C)C(=O)O[C@H](C)C(=O)O[C@H](C)C(=O)O[C@H](C)C(=O)OCc1ccccc1. The minimum absolute atomic E-state index is 0.0161. The number of esters is 5. The molecule has 0 saturated heterocycles. The first-order valence-corrected chi connectivity index (χ1v) is 17.6. The molecule has 47 heavy (non-hydrogen) atoms. The molecule has 1 aromatic rings. The van der Waals surface area contributed by atoms with E-state index in [0.29, 0.717) is 6.42 Å². The van der Waals surface area contributed by atoms with Crippen molar-refractivity contribution in [2.75, 3.05) is 0 Å². The van der Waals surface area contributed by atoms with Crippen LogP contribution in [0.15, 0.2) is 30.3 Å². The quantitative estimate of drug-likeness (QED) is 0.0552. The molecule has 10 heteroatoms. The first-order chi connectivity index (χ1) is 22.5. The zero-order valence-corrected chi connectivity index (χ0v) is 29.3. The highest BCUT2D eigenvalue weighted by molar-refractivity contribution is 5.85. The molecule has 0 spiro atoms. The van der Waals surface area contributed by atoms with Crippen LogP contribution >= 0.6 is 0 Å². The summed E-state index contributed by atoms with van der Waals surface area (Å²) in [7, 11) is 0. The second-order valence-electron chi connectivity index (χ2n) is 12.2. The summed E-state index contributed by atoms with van der Waals surface area (Å²) in [6.45, 7) is 7.50. The highest BCUT2D eigenvalue weighted by Gasteiger charge is 2.30. The van der Waals surface area contributed by atoms with E-state index in [1.807, 2.05) is 6.07 Å². The second kappa shape index (κ2) is 25.6. The van der Waals surface area contributed by atoms with Gasteiger partial charge in [0.05, 0.1) is 0 Å². The molecule has 0 bridgehead atoms. The molecule has 0 unspecified atom stereocenters. The Morgan fingerprint density at radius 2 is 0.851 bits per heavy atom. The van der Waals surface area contributed by atoms with Crippen molar-refractivity contribution >= 4 is 29.8 Å². The molecule has 0 aliphatic carbocycles. The van der Waals surface area contributed by atoms with Crippen molar-refractivity contribution in [3.05, 3.63) is 35.9 Å². The summed E-state index contributed by atoms with van der Waals surface area (Å²) in [4.78, 5) is 61.4. The van der Waals surface area contributed by atoms with E-state index in [1.54, 1.807) is 24.3 Å². The molecular formula is C37H58O10. The normalized spacial score (nSPS) is 13.5. The standard InChI is InChI=1S/C37H58O10/c1-6-7-8-9-10-11-12-13-14-15-16-17-18-19-23-26-33(38)44-29(3)35(40)46-31(5)37(42)47-30(4)36(41)45-28(2)34(39)43-27-32-24-21-20-22-25-32/h20-22,24-25,28-31H,6-19,23,26-27H2,1-5H3/t28-,29+,30-,31-/m1/s1. The van der Waals surface area contributed by atoms with Crippen LogP contribution in [0.4, 0.5) is 0 Å². The number of benzene rings is 1. The average Bonchev–Trinajstić information content (AvgIpc) is 3.05. The molecule has 0 aliphatic rings. The van der Waals surface area contributed by atoms with Gasteiger partial charge in [-0.15, -0.1) is 0 Å². The number of hydrogen-bond acceptors (Lipinski definition) is 10. The molecule has 0 N–H and O–H groups in total. The highest BCUT2D eigenvalue weighted by Crippen LogP contribution is 2.14. The van der Waals surface area contributed by atoms with Crippen molar-refractivity contribution in [2.24, 2.45) is 0 Å². The zero-order valence-electron chi connectivity index (χ0n) is 29.3. The van der Waals surface area contributed by atoms with E-state index in [4.69, 9.17) is 23.7 Å². The molecule has 10 nitrogen and oxygen atoms in total. The van der Waals surface area contributed by atoms with Crippen molar-refractivity contribution in [3.8, 4) is 0 Å². The van der Waals surface area contributed by atoms with Gasteiger partial charge in [-0.1, -0.05) is 127 Å². The first kappa shape index (κ1) is 41.6. The Bertz CT molecular complexity index is 1040. The third kappa shape index (κ3) is 20.4. The van der Waals surface area contributed by atoms with Crippen LogP contribution in [0.2, 0.25) is 0 Å². The third-order valence-corrected chi connectivity index (χ3v) is 7.72. The maximum absolute atomic E-state index is 12.4. The van der Waals surface area contributed by atoms with Gasteiger partial charge in [0.15, 0.2) is 24.4 Å². The maximum Gasteiger partial charge on any atom is 0.347 e. The lowest BCUT2D eigenvalue weighted by Crippen LogP contribution is -2.37. The summed E-state index contributed by atoms with van der Waals surface area (Å²) in [5.41, 5.74) is 0.773. The van der Waals surface area contributed by atoms with E-state index >= 15 is 0 Å². The monoisotopic (exact) mass is 662 g/mol. The highest BCUT2D eigenvalue weighted by atomic mass is 16.6. The predicted molar refractivity (Wildman–Crippen MR) is 178 cm³/mol. The molecule has 0 aromatic heterocycles. The molecule has 0 saturated carbocycles. The van der Waals surface area contributed by atoms with Crippen LogP contribution in [0, 0.1) is 0 Å². The summed E-state index contributed by atoms with van der Waals surface area (Å²) in [6.07, 6.45) is 13.4. The minimum atomic E-state index is -1.38. The largest absolute Gasteiger partial charge is 0.458 e. The Kier molecular flexibility index (Phi) is 22.7. The van der Waals surface area contributed by atoms with Crippen molar-refractivity contribution in [2.45, 2.75) is 168 Å². The van der Waals surface area contributed by atoms with Gasteiger partial charge >= 0.3 is 29.8 Å². The van der Waals surface area contributed by atoms with Gasteiger partial charge in [0.1, 0.15) is 6.61 Å². The summed E-state index contributed by atoms with van der Waals surface area (Å²) in [5, 5.41) is 0. The van der Waals surface area contributed by atoms with Gasteiger partial charge in [-0.25, -0.2) is 19.2 Å². The van der Waals surface area contributed by atoms with Gasteiger partial charge in [-0.3, -0.25) is 4.79 Å². The van der Waals surface area contributed by atoms with Gasteiger partial charge in [0, 0.05) is 6.42 Å². The van der Waals surface area contributed by atoms with Crippen molar-refractivity contribution in [1.82, 2.24) is 0 Å². The Morgan fingerprint density at radius 1 is 0.489 bits per heavy atom. The lowest BCUT2D eigenvalue weighted by atomic mass is 10.0. The summed E-state index contributed by atoms with van der Waals surface area (Å²) >= 11 is 0. The smallest absolute Gasteiger partial charge is 0.347 e. The van der Waals surface area contributed by atoms with Crippen LogP contribution in [0.3, 0.4) is 0 Å². The van der Waals surface area contributed by atoms with Gasteiger partial charge in [0.2, 0.25) is 0 Å². The fraction of sp³-hybridized carbons (Fsp3) is 0.703. The molecule has 4 atom stereocenters. The Balaban J connectivity index is 2.16. The number of unbranched alkanes of at least 4 members (excludes halogenated alkanes) is 14. The van der Waals surface area contributed by atoms with E-state index in [-0.39, 0.29) is 13.0 Å². The summed E-state index contributed by atoms with van der Waals surface area (Å²) < 4.78 is 25.4. The summed E-state index contributed by atoms with van der Waals surface area (Å²) in [6, 6.07) is 9.00. The lowest BCUT2D eigenvalue weighted by Gasteiger charge is -2.19. The zero-order chi connectivity index (χ0) is 34.9. The number of carbonyl (C=O) groups is 5. The molecule has 0 heterocycles. The van der Waals surface area contributed by atoms with E-state index in [0.717, 1.165) is 24.8 Å². The van der Waals surface area contributed by atoms with Crippen molar-refractivity contribution in [3.63, 3.8) is 0 Å². The van der Waals surface area contributed by atoms with Gasteiger partial charge in [-0.05, 0) is 39.7 Å². The molecule has 0 amide bonds. The number of ether oxygens (including phenoxy) is 5. The van der Waals surface area contributed by atoms with E-state index in [2.05, 4.69) is 6.92 Å².